The number of carbonyl (C=O) groups excluding carboxylic acids is 1. The summed E-state index contributed by atoms with van der Waals surface area (Å²) in [6.07, 6.45) is 0.508. The molecule has 0 aliphatic carbocycles. The number of benzene rings is 1. The lowest BCUT2D eigenvalue weighted by atomic mass is 10.1. The molecule has 1 amide bonds. The Morgan fingerprint density at radius 3 is 2.69 bits per heavy atom. The topological polar surface area (TPSA) is 90.3 Å². The molecule has 3 rings (SSSR count). The smallest absolute Gasteiger partial charge is 0.271 e. The van der Waals surface area contributed by atoms with Crippen LogP contribution in [0.1, 0.15) is 28.5 Å². The maximum Gasteiger partial charge on any atom is 0.271 e. The first kappa shape index (κ1) is 18.6. The molecule has 1 N–H and O–H groups in total. The summed E-state index contributed by atoms with van der Waals surface area (Å²) in [5.41, 5.74) is 3.06. The molecule has 1 aliphatic heterocycles. The molecule has 140 valence electrons. The van der Waals surface area contributed by atoms with Crippen molar-refractivity contribution in [3.63, 3.8) is 0 Å². The third kappa shape index (κ3) is 4.13. The van der Waals surface area contributed by atoms with Gasteiger partial charge >= 0.3 is 0 Å². The van der Waals surface area contributed by atoms with Crippen molar-refractivity contribution in [2.45, 2.75) is 19.4 Å². The van der Waals surface area contributed by atoms with E-state index >= 15 is 0 Å². The van der Waals surface area contributed by atoms with Gasteiger partial charge in [0.05, 0.1) is 29.8 Å². The number of aromatic nitrogens is 2. The van der Waals surface area contributed by atoms with Crippen molar-refractivity contribution in [3.05, 3.63) is 41.6 Å². The summed E-state index contributed by atoms with van der Waals surface area (Å²) in [4.78, 5) is 12.4. The Kier molecular flexibility index (Phi) is 5.43. The number of hydrogen-bond acceptors (Lipinski definition) is 5. The van der Waals surface area contributed by atoms with Crippen LogP contribution in [0.4, 0.5) is 0 Å². The Labute approximate surface area is 153 Å². The average Bonchev–Trinajstić information content (AvgIpc) is 3.19. The number of ether oxygens (including phenoxy) is 1. The number of amides is 1. The van der Waals surface area contributed by atoms with E-state index < -0.39 is 9.84 Å². The second-order valence-electron chi connectivity index (χ2n) is 6.53. The van der Waals surface area contributed by atoms with E-state index in [0.717, 1.165) is 16.8 Å². The third-order valence-electron chi connectivity index (χ3n) is 4.46. The minimum atomic E-state index is -3.06. The van der Waals surface area contributed by atoms with E-state index in [1.54, 1.807) is 17.9 Å². The Balaban J connectivity index is 1.95. The molecule has 1 aromatic heterocycles. The van der Waals surface area contributed by atoms with Crippen LogP contribution < -0.4 is 5.32 Å². The summed E-state index contributed by atoms with van der Waals surface area (Å²) < 4.78 is 30.4. The normalized spacial score (nSPS) is 18.8. The molecule has 2 aromatic rings. The maximum absolute atomic E-state index is 12.4. The van der Waals surface area contributed by atoms with Crippen LogP contribution >= 0.6 is 0 Å². The number of carbonyl (C=O) groups is 1. The molecule has 8 heteroatoms. The van der Waals surface area contributed by atoms with E-state index in [9.17, 15) is 13.2 Å². The molecule has 0 radical (unpaired) electrons. The van der Waals surface area contributed by atoms with E-state index in [2.05, 4.69) is 10.4 Å². The summed E-state index contributed by atoms with van der Waals surface area (Å²) in [6.45, 7) is 2.80. The maximum atomic E-state index is 12.4. The zero-order chi connectivity index (χ0) is 18.7. The molecule has 0 bridgehead atoms. The number of nitrogens with zero attached hydrogens (tertiary/aromatic N) is 2. The highest BCUT2D eigenvalue weighted by Gasteiger charge is 2.32. The highest BCUT2D eigenvalue weighted by molar-refractivity contribution is 7.91. The average molecular weight is 377 g/mol. The van der Waals surface area contributed by atoms with E-state index in [1.807, 2.05) is 31.2 Å². The van der Waals surface area contributed by atoms with Gasteiger partial charge in [0, 0.05) is 13.7 Å². The second-order valence-corrected chi connectivity index (χ2v) is 8.76. The predicted octanol–water partition coefficient (Wildman–Crippen LogP) is 1.59. The van der Waals surface area contributed by atoms with Gasteiger partial charge in [-0.05, 0) is 25.0 Å². The van der Waals surface area contributed by atoms with Crippen molar-refractivity contribution in [1.82, 2.24) is 15.1 Å². The molecule has 1 atom stereocenters. The fourth-order valence-corrected chi connectivity index (χ4v) is 4.74. The fourth-order valence-electron chi connectivity index (χ4n) is 3.05. The molecule has 1 unspecified atom stereocenters. The van der Waals surface area contributed by atoms with E-state index in [4.69, 9.17) is 4.74 Å². The second kappa shape index (κ2) is 7.59. The van der Waals surface area contributed by atoms with Gasteiger partial charge in [-0.3, -0.25) is 9.48 Å². The summed E-state index contributed by atoms with van der Waals surface area (Å²) in [7, 11) is -1.49. The molecule has 1 saturated heterocycles. The van der Waals surface area contributed by atoms with Crippen LogP contribution in [0.15, 0.2) is 30.3 Å². The van der Waals surface area contributed by atoms with Gasteiger partial charge in [-0.25, -0.2) is 8.42 Å². The number of methoxy groups -OCH3 is 1. The number of aryl methyl sites for hydroxylation is 1. The van der Waals surface area contributed by atoms with Crippen LogP contribution in [0, 0.1) is 6.92 Å². The lowest BCUT2D eigenvalue weighted by Gasteiger charge is -2.13. The van der Waals surface area contributed by atoms with Gasteiger partial charge < -0.3 is 10.1 Å². The molecule has 1 aromatic carbocycles. The first-order valence-electron chi connectivity index (χ1n) is 8.54. The molecule has 0 saturated carbocycles. The molecular formula is C18H23N3O4S. The summed E-state index contributed by atoms with van der Waals surface area (Å²) >= 11 is 0. The van der Waals surface area contributed by atoms with Crippen LogP contribution in [-0.2, 0) is 14.6 Å². The standard InChI is InChI=1S/C18H23N3O4S/c1-13-3-5-14(6-4-13)17-11-16(18(22)19-8-9-25-2)20-21(17)15-7-10-26(23,24)12-15/h3-6,11,15H,7-10,12H2,1-2H3,(H,19,22). The highest BCUT2D eigenvalue weighted by Crippen LogP contribution is 2.30. The van der Waals surface area contributed by atoms with Gasteiger partial charge in [0.15, 0.2) is 15.5 Å². The minimum absolute atomic E-state index is 0.0538. The quantitative estimate of drug-likeness (QED) is 0.772. The summed E-state index contributed by atoms with van der Waals surface area (Å²) in [6, 6.07) is 9.35. The molecule has 1 aliphatic rings. The van der Waals surface area contributed by atoms with Crippen molar-refractivity contribution in [3.8, 4) is 11.3 Å². The van der Waals surface area contributed by atoms with Gasteiger partial charge in [0.25, 0.3) is 5.91 Å². The fraction of sp³-hybridized carbons (Fsp3) is 0.444. The lowest BCUT2D eigenvalue weighted by molar-refractivity contribution is 0.0931. The third-order valence-corrected chi connectivity index (χ3v) is 6.21. The van der Waals surface area contributed by atoms with Crippen LogP contribution in [0.2, 0.25) is 0 Å². The zero-order valence-corrected chi connectivity index (χ0v) is 15.8. The van der Waals surface area contributed by atoms with E-state index in [-0.39, 0.29) is 29.1 Å². The number of rotatable bonds is 6. The molecule has 1 fully saturated rings. The Morgan fingerprint density at radius 2 is 2.08 bits per heavy atom. The van der Waals surface area contributed by atoms with Crippen LogP contribution in [0.25, 0.3) is 11.3 Å². The molecule has 26 heavy (non-hydrogen) atoms. The van der Waals surface area contributed by atoms with Gasteiger partial charge in [0.1, 0.15) is 0 Å². The first-order chi connectivity index (χ1) is 12.4. The predicted molar refractivity (Wildman–Crippen MR) is 98.9 cm³/mol. The molecular weight excluding hydrogens is 354 g/mol. The first-order valence-corrected chi connectivity index (χ1v) is 10.4. The van der Waals surface area contributed by atoms with Gasteiger partial charge in [-0.1, -0.05) is 29.8 Å². The molecule has 7 nitrogen and oxygen atoms in total. The van der Waals surface area contributed by atoms with Gasteiger partial charge in [-0.15, -0.1) is 0 Å². The van der Waals surface area contributed by atoms with E-state index in [0.29, 0.717) is 19.6 Å². The van der Waals surface area contributed by atoms with Crippen LogP contribution in [-0.4, -0.2) is 55.9 Å². The molecule has 0 spiro atoms. The Hall–Kier alpha value is -2.19. The number of hydrogen-bond donors (Lipinski definition) is 1. The zero-order valence-electron chi connectivity index (χ0n) is 14.9. The van der Waals surface area contributed by atoms with Gasteiger partial charge in [-0.2, -0.15) is 5.10 Å². The van der Waals surface area contributed by atoms with Crippen molar-refractivity contribution < 1.29 is 17.9 Å². The van der Waals surface area contributed by atoms with Crippen LogP contribution in [0.3, 0.4) is 0 Å². The van der Waals surface area contributed by atoms with Crippen molar-refractivity contribution in [2.75, 3.05) is 31.8 Å². The Bertz CT molecular complexity index is 888. The summed E-state index contributed by atoms with van der Waals surface area (Å²) in [5.74, 6) is -0.0894. The SMILES string of the molecule is COCCNC(=O)c1cc(-c2ccc(C)cc2)n(C2CCS(=O)(=O)C2)n1. The number of sulfone groups is 1. The van der Waals surface area contributed by atoms with Gasteiger partial charge in [0.2, 0.25) is 0 Å². The highest BCUT2D eigenvalue weighted by atomic mass is 32.2. The molecule has 2 heterocycles. The largest absolute Gasteiger partial charge is 0.383 e. The van der Waals surface area contributed by atoms with E-state index in [1.165, 1.54) is 0 Å². The minimum Gasteiger partial charge on any atom is -0.383 e. The monoisotopic (exact) mass is 377 g/mol. The van der Waals surface area contributed by atoms with Crippen molar-refractivity contribution in [1.29, 1.82) is 0 Å². The van der Waals surface area contributed by atoms with Crippen molar-refractivity contribution >= 4 is 15.7 Å². The lowest BCUT2D eigenvalue weighted by Crippen LogP contribution is -2.27. The summed E-state index contributed by atoms with van der Waals surface area (Å²) in [5, 5.41) is 7.18. The van der Waals surface area contributed by atoms with Crippen molar-refractivity contribution in [2.24, 2.45) is 0 Å². The number of nitrogens with one attached hydrogen (secondary N) is 1. The Morgan fingerprint density at radius 1 is 1.35 bits per heavy atom. The van der Waals surface area contributed by atoms with Crippen LogP contribution in [0.5, 0.6) is 0 Å².